The topological polar surface area (TPSA) is 33.5 Å². The highest BCUT2D eigenvalue weighted by molar-refractivity contribution is 6.10. The van der Waals surface area contributed by atoms with Crippen LogP contribution in [-0.4, -0.2) is 16.2 Å². The fourth-order valence-corrected chi connectivity index (χ4v) is 10.8. The summed E-state index contributed by atoms with van der Waals surface area (Å²) in [4.78, 5) is 10.1. The van der Waals surface area contributed by atoms with Crippen LogP contribution in [0.25, 0.3) is 27.6 Å². The molecule has 5 heteroatoms. The summed E-state index contributed by atoms with van der Waals surface area (Å²) in [7, 11) is 0. The van der Waals surface area contributed by atoms with Crippen molar-refractivity contribution in [1.29, 1.82) is 0 Å². The molecule has 10 rings (SSSR count). The van der Waals surface area contributed by atoms with Crippen molar-refractivity contribution in [3.8, 4) is 17.3 Å². The van der Waals surface area contributed by atoms with Gasteiger partial charge in [0.25, 0.3) is 0 Å². The van der Waals surface area contributed by atoms with Crippen LogP contribution in [0, 0.1) is 0 Å². The van der Waals surface area contributed by atoms with Crippen LogP contribution in [0.3, 0.4) is 0 Å². The lowest BCUT2D eigenvalue weighted by Gasteiger charge is -2.30. The maximum absolute atomic E-state index is 7.27. The molecule has 7 aromatic carbocycles. The fourth-order valence-electron chi connectivity index (χ4n) is 10.8. The van der Waals surface area contributed by atoms with Crippen molar-refractivity contribution in [2.75, 3.05) is 16.5 Å². The molecule has 0 N–H and O–H groups in total. The minimum absolute atomic E-state index is 0.00923. The molecule has 0 atom stereocenters. The Morgan fingerprint density at radius 3 is 1.49 bits per heavy atom. The van der Waals surface area contributed by atoms with Crippen molar-refractivity contribution in [1.82, 2.24) is 9.55 Å². The molecule has 0 fully saturated rings. The first-order valence-electron chi connectivity index (χ1n) is 27.0. The van der Waals surface area contributed by atoms with Gasteiger partial charge in [-0.1, -0.05) is 190 Å². The monoisotopic (exact) mass is 991 g/mol. The molecule has 0 unspecified atom stereocenters. The van der Waals surface area contributed by atoms with E-state index in [0.717, 1.165) is 34.0 Å². The van der Waals surface area contributed by atoms with Crippen LogP contribution in [0.2, 0.25) is 0 Å². The van der Waals surface area contributed by atoms with Gasteiger partial charge in [0, 0.05) is 51.3 Å². The molecule has 0 saturated carbocycles. The number of hydrogen-bond acceptors (Lipinski definition) is 4. The number of anilines is 4. The van der Waals surface area contributed by atoms with Gasteiger partial charge in [-0.15, -0.1) is 0 Å². The van der Waals surface area contributed by atoms with Gasteiger partial charge in [-0.3, -0.25) is 4.57 Å². The summed E-state index contributed by atoms with van der Waals surface area (Å²) in [6, 6.07) is 61.0. The van der Waals surface area contributed by atoms with Crippen LogP contribution in [0.15, 0.2) is 170 Å². The van der Waals surface area contributed by atoms with Gasteiger partial charge in [0.15, 0.2) is 0 Å². The van der Waals surface area contributed by atoms with E-state index in [1.165, 1.54) is 72.3 Å². The first-order valence-corrected chi connectivity index (χ1v) is 27.0. The van der Waals surface area contributed by atoms with E-state index in [1.807, 2.05) is 6.20 Å². The SMILES string of the molecule is CC(C)(C)c1cc(N2CN(c3cc(Oc4ccc5c6cc(C(C)(C)C)ccc6n(-c6cc(C(C)(C)C)ccn6)c5c4)cc(C(C)(C)c4ccccc4)c3)c3cc(C(C)(C)c4ccccc4)ccc32)cc(C(C)(C)C)c1. The molecule has 1 aliphatic heterocycles. The normalized spacial score (nSPS) is 13.8. The Morgan fingerprint density at radius 1 is 0.360 bits per heavy atom. The lowest BCUT2D eigenvalue weighted by molar-refractivity contribution is 0.480. The molecule has 3 heterocycles. The summed E-state index contributed by atoms with van der Waals surface area (Å²) in [5.74, 6) is 2.44. The van der Waals surface area contributed by atoms with Crippen molar-refractivity contribution < 1.29 is 4.74 Å². The quantitative estimate of drug-likeness (QED) is 0.144. The number of fused-ring (bicyclic) bond motifs is 4. The smallest absolute Gasteiger partial charge is 0.137 e. The van der Waals surface area contributed by atoms with Gasteiger partial charge in [-0.25, -0.2) is 4.98 Å². The van der Waals surface area contributed by atoms with Crippen molar-refractivity contribution in [3.63, 3.8) is 0 Å². The second-order valence-electron chi connectivity index (χ2n) is 26.4. The fraction of sp³-hybridized carbons (Fsp3) is 0.329. The van der Waals surface area contributed by atoms with Gasteiger partial charge in [-0.05, 0) is 139 Å². The highest BCUT2D eigenvalue weighted by atomic mass is 16.5. The van der Waals surface area contributed by atoms with E-state index >= 15 is 0 Å². The van der Waals surface area contributed by atoms with Crippen molar-refractivity contribution in [3.05, 3.63) is 214 Å². The van der Waals surface area contributed by atoms with E-state index in [2.05, 4.69) is 289 Å². The Labute approximate surface area is 448 Å². The molecule has 384 valence electrons. The van der Waals surface area contributed by atoms with Gasteiger partial charge < -0.3 is 14.5 Å². The van der Waals surface area contributed by atoms with Crippen LogP contribution in [0.5, 0.6) is 11.5 Å². The van der Waals surface area contributed by atoms with E-state index in [4.69, 9.17) is 9.72 Å². The van der Waals surface area contributed by atoms with Gasteiger partial charge in [0.2, 0.25) is 0 Å². The first-order chi connectivity index (χ1) is 35.2. The summed E-state index contributed by atoms with van der Waals surface area (Å²) in [5, 5.41) is 2.37. The van der Waals surface area contributed by atoms with E-state index in [9.17, 15) is 0 Å². The Morgan fingerprint density at radius 2 is 0.893 bits per heavy atom. The Bertz CT molecular complexity index is 3560. The van der Waals surface area contributed by atoms with Crippen LogP contribution >= 0.6 is 0 Å². The van der Waals surface area contributed by atoms with E-state index < -0.39 is 0 Å². The molecule has 0 aliphatic carbocycles. The number of hydrogen-bond donors (Lipinski definition) is 0. The summed E-state index contributed by atoms with van der Waals surface area (Å²) in [5.41, 5.74) is 16.2. The Balaban J connectivity index is 1.17. The van der Waals surface area contributed by atoms with Crippen LogP contribution < -0.4 is 14.5 Å². The number of benzene rings is 7. The summed E-state index contributed by atoms with van der Waals surface area (Å²) in [6.45, 7) is 37.5. The summed E-state index contributed by atoms with van der Waals surface area (Å²) < 4.78 is 9.59. The van der Waals surface area contributed by atoms with Gasteiger partial charge in [0.1, 0.15) is 24.0 Å². The molecular formula is C70H78N4O. The second kappa shape index (κ2) is 18.3. The number of ether oxygens (including phenoxy) is 1. The van der Waals surface area contributed by atoms with Gasteiger partial charge >= 0.3 is 0 Å². The highest BCUT2D eigenvalue weighted by Gasteiger charge is 2.35. The Hall–Kier alpha value is -7.11. The third-order valence-corrected chi connectivity index (χ3v) is 16.1. The van der Waals surface area contributed by atoms with Crippen molar-refractivity contribution in [2.24, 2.45) is 0 Å². The molecule has 1 aliphatic rings. The molecule has 0 saturated heterocycles. The predicted octanol–water partition coefficient (Wildman–Crippen LogP) is 19.1. The van der Waals surface area contributed by atoms with Gasteiger partial charge in [0.05, 0.1) is 22.4 Å². The van der Waals surface area contributed by atoms with E-state index in [0.29, 0.717) is 6.67 Å². The molecule has 9 aromatic rings. The highest BCUT2D eigenvalue weighted by Crippen LogP contribution is 2.50. The number of aromatic nitrogens is 2. The maximum Gasteiger partial charge on any atom is 0.137 e. The molecule has 2 aromatic heterocycles. The molecule has 0 radical (unpaired) electrons. The first kappa shape index (κ1) is 51.4. The molecule has 5 nitrogen and oxygen atoms in total. The minimum Gasteiger partial charge on any atom is -0.457 e. The zero-order valence-corrected chi connectivity index (χ0v) is 47.6. The van der Waals surface area contributed by atoms with Crippen LogP contribution in [-0.2, 0) is 32.5 Å². The average Bonchev–Trinajstić information content (AvgIpc) is 3.91. The van der Waals surface area contributed by atoms with Crippen molar-refractivity contribution >= 4 is 44.6 Å². The maximum atomic E-state index is 7.27. The van der Waals surface area contributed by atoms with Crippen LogP contribution in [0.4, 0.5) is 22.7 Å². The summed E-state index contributed by atoms with van der Waals surface area (Å²) >= 11 is 0. The number of nitrogens with zero attached hydrogens (tertiary/aromatic N) is 4. The average molecular weight is 991 g/mol. The molecule has 0 amide bonds. The summed E-state index contributed by atoms with van der Waals surface area (Å²) in [6.07, 6.45) is 1.95. The molecular weight excluding hydrogens is 913 g/mol. The lowest BCUT2D eigenvalue weighted by Crippen LogP contribution is -2.26. The Kier molecular flexibility index (Phi) is 12.6. The van der Waals surface area contributed by atoms with Gasteiger partial charge in [-0.2, -0.15) is 0 Å². The predicted molar refractivity (Wildman–Crippen MR) is 319 cm³/mol. The molecule has 0 spiro atoms. The largest absolute Gasteiger partial charge is 0.457 e. The third-order valence-electron chi connectivity index (χ3n) is 16.1. The standard InChI is InChI=1S/C70H78N4O/c1-65(2,3)48-27-31-60-59(40-48)58-30-29-56(44-62(58)74(60)64-42-49(33-34-71-64)66(4,5)6)75-57-39-53(70(15,16)47-25-21-18-22-26-47)38-55(43-57)73-45-72(54-36-51(67(7,8)9)35-52(37-54)68(10,11)12)61-32-28-50(41-63(61)73)69(13,14)46-23-19-17-20-24-46/h17-44H,45H2,1-16H3. The second-order valence-corrected chi connectivity index (χ2v) is 26.4. The number of rotatable bonds is 9. The molecule has 75 heavy (non-hydrogen) atoms. The number of pyridine rings is 1. The zero-order valence-electron chi connectivity index (χ0n) is 47.6. The zero-order chi connectivity index (χ0) is 53.6. The van der Waals surface area contributed by atoms with E-state index in [-0.39, 0.29) is 32.5 Å². The van der Waals surface area contributed by atoms with Crippen LogP contribution in [0.1, 0.15) is 155 Å². The van der Waals surface area contributed by atoms with E-state index in [1.54, 1.807) is 0 Å². The van der Waals surface area contributed by atoms with Crippen molar-refractivity contribution in [2.45, 2.75) is 143 Å². The third kappa shape index (κ3) is 9.76. The minimum atomic E-state index is -0.359. The lowest BCUT2D eigenvalue weighted by atomic mass is 9.77. The molecule has 0 bridgehead atoms.